The second-order valence-electron chi connectivity index (χ2n) is 4.81. The molecule has 0 radical (unpaired) electrons. The highest BCUT2D eigenvalue weighted by Crippen LogP contribution is 2.48. The third-order valence-corrected chi connectivity index (χ3v) is 3.07. The maximum atomic E-state index is 13.4. The van der Waals surface area contributed by atoms with Crippen molar-refractivity contribution in [3.05, 3.63) is 0 Å². The molecule has 11 heavy (non-hydrogen) atoms. The van der Waals surface area contributed by atoms with Crippen LogP contribution in [0, 0.1) is 0 Å². The predicted molar refractivity (Wildman–Crippen MR) is 50.7 cm³/mol. The summed E-state index contributed by atoms with van der Waals surface area (Å²) in [5.74, 6) is 0. The summed E-state index contributed by atoms with van der Waals surface area (Å²) in [6, 6.07) is 0. The van der Waals surface area contributed by atoms with Crippen molar-refractivity contribution in [1.29, 1.82) is 0 Å². The molecule has 0 rings (SSSR count). The van der Waals surface area contributed by atoms with Gasteiger partial charge in [-0.05, 0) is 20.8 Å². The van der Waals surface area contributed by atoms with Gasteiger partial charge in [0.25, 0.3) is 0 Å². The van der Waals surface area contributed by atoms with Crippen molar-refractivity contribution in [2.75, 3.05) is 0 Å². The lowest BCUT2D eigenvalue weighted by molar-refractivity contribution is 0.505. The van der Waals surface area contributed by atoms with Crippen LogP contribution in [0.4, 0.5) is 4.20 Å². The molecule has 0 fully saturated rings. The third-order valence-electron chi connectivity index (χ3n) is 1.02. The van der Waals surface area contributed by atoms with E-state index in [1.165, 1.54) is 0 Å². The molecule has 0 spiro atoms. The van der Waals surface area contributed by atoms with Crippen LogP contribution in [0.15, 0.2) is 0 Å². The van der Waals surface area contributed by atoms with Gasteiger partial charge in [0.1, 0.15) is 0 Å². The van der Waals surface area contributed by atoms with E-state index in [2.05, 4.69) is 5.09 Å². The SMILES string of the molecule is CC(C)(C)NP(F)C(C)(C)C. The van der Waals surface area contributed by atoms with Gasteiger partial charge in [0.2, 0.25) is 0 Å². The van der Waals surface area contributed by atoms with Gasteiger partial charge in [0.05, 0.1) is 0 Å². The first-order valence-corrected chi connectivity index (χ1v) is 5.10. The summed E-state index contributed by atoms with van der Waals surface area (Å²) in [6.45, 7) is 11.7. The zero-order valence-corrected chi connectivity index (χ0v) is 9.22. The zero-order valence-electron chi connectivity index (χ0n) is 8.33. The molecule has 0 aliphatic carbocycles. The largest absolute Gasteiger partial charge is 0.264 e. The average molecular weight is 179 g/mol. The van der Waals surface area contributed by atoms with Gasteiger partial charge in [-0.15, -0.1) is 0 Å². The third kappa shape index (κ3) is 5.57. The van der Waals surface area contributed by atoms with Crippen LogP contribution in [0.25, 0.3) is 0 Å². The normalized spacial score (nSPS) is 16.6. The lowest BCUT2D eigenvalue weighted by atomic mass is 10.1. The standard InChI is InChI=1S/C8H19FNP/c1-7(2,3)10-11(9)8(4,5)6/h10H,1-6H3. The molecule has 68 valence electrons. The molecule has 1 unspecified atom stereocenters. The van der Waals surface area contributed by atoms with Gasteiger partial charge < -0.3 is 0 Å². The Bertz CT molecular complexity index is 123. The van der Waals surface area contributed by atoms with Gasteiger partial charge in [-0.1, -0.05) is 20.8 Å². The highest BCUT2D eigenvalue weighted by molar-refractivity contribution is 7.51. The van der Waals surface area contributed by atoms with Crippen molar-refractivity contribution in [3.63, 3.8) is 0 Å². The number of nitrogens with one attached hydrogen (secondary N) is 1. The van der Waals surface area contributed by atoms with Gasteiger partial charge >= 0.3 is 0 Å². The van der Waals surface area contributed by atoms with Crippen molar-refractivity contribution < 1.29 is 4.20 Å². The summed E-state index contributed by atoms with van der Waals surface area (Å²) in [7, 11) is -1.56. The molecule has 0 aromatic carbocycles. The van der Waals surface area contributed by atoms with Crippen LogP contribution in [0.3, 0.4) is 0 Å². The van der Waals surface area contributed by atoms with E-state index in [-0.39, 0.29) is 10.7 Å². The summed E-state index contributed by atoms with van der Waals surface area (Å²) < 4.78 is 13.4. The fourth-order valence-electron chi connectivity index (χ4n) is 0.462. The van der Waals surface area contributed by atoms with Crippen LogP contribution in [-0.4, -0.2) is 10.7 Å². The van der Waals surface area contributed by atoms with Crippen molar-refractivity contribution in [2.45, 2.75) is 52.2 Å². The highest BCUT2D eigenvalue weighted by Gasteiger charge is 2.28. The Kier molecular flexibility index (Phi) is 3.46. The average Bonchev–Trinajstić information content (AvgIpc) is 1.56. The van der Waals surface area contributed by atoms with E-state index in [9.17, 15) is 4.20 Å². The fraction of sp³-hybridized carbons (Fsp3) is 1.00. The molecule has 0 bridgehead atoms. The minimum absolute atomic E-state index is 0.117. The number of hydrogen-bond acceptors (Lipinski definition) is 1. The smallest absolute Gasteiger partial charge is 0.160 e. The minimum Gasteiger partial charge on any atom is -0.264 e. The first-order valence-electron chi connectivity index (χ1n) is 3.87. The molecule has 1 atom stereocenters. The maximum Gasteiger partial charge on any atom is 0.160 e. The van der Waals surface area contributed by atoms with Gasteiger partial charge in [-0.2, -0.15) is 0 Å². The van der Waals surface area contributed by atoms with Crippen LogP contribution < -0.4 is 5.09 Å². The van der Waals surface area contributed by atoms with E-state index < -0.39 is 8.38 Å². The van der Waals surface area contributed by atoms with Crippen molar-refractivity contribution in [2.24, 2.45) is 0 Å². The van der Waals surface area contributed by atoms with Crippen LogP contribution in [0.5, 0.6) is 0 Å². The highest BCUT2D eigenvalue weighted by atomic mass is 31.2. The molecule has 0 aromatic heterocycles. The number of rotatable bonds is 1. The Morgan fingerprint density at radius 1 is 1.00 bits per heavy atom. The predicted octanol–water partition coefficient (Wildman–Crippen LogP) is 3.45. The molecule has 1 nitrogen and oxygen atoms in total. The topological polar surface area (TPSA) is 12.0 Å². The van der Waals surface area contributed by atoms with E-state index in [4.69, 9.17) is 0 Å². The lowest BCUT2D eigenvalue weighted by Crippen LogP contribution is -2.34. The van der Waals surface area contributed by atoms with E-state index in [1.807, 2.05) is 41.5 Å². The molecular formula is C8H19FNP. The van der Waals surface area contributed by atoms with Crippen molar-refractivity contribution in [1.82, 2.24) is 5.09 Å². The monoisotopic (exact) mass is 179 g/mol. The van der Waals surface area contributed by atoms with Crippen LogP contribution in [0.1, 0.15) is 41.5 Å². The molecule has 1 N–H and O–H groups in total. The minimum atomic E-state index is -1.56. The van der Waals surface area contributed by atoms with Gasteiger partial charge in [0.15, 0.2) is 8.38 Å². The molecule has 0 saturated heterocycles. The van der Waals surface area contributed by atoms with Crippen molar-refractivity contribution in [3.8, 4) is 0 Å². The lowest BCUT2D eigenvalue weighted by Gasteiger charge is -2.30. The summed E-state index contributed by atoms with van der Waals surface area (Å²) in [4.78, 5) is 0. The second kappa shape index (κ2) is 3.37. The van der Waals surface area contributed by atoms with Gasteiger partial charge in [-0.25, -0.2) is 4.20 Å². The zero-order chi connectivity index (χ0) is 9.28. The first kappa shape index (κ1) is 11.3. The molecular weight excluding hydrogens is 160 g/mol. The summed E-state index contributed by atoms with van der Waals surface area (Å²) in [5, 5.41) is 2.71. The number of hydrogen-bond donors (Lipinski definition) is 1. The fourth-order valence-corrected chi connectivity index (χ4v) is 1.39. The van der Waals surface area contributed by atoms with Gasteiger partial charge in [0, 0.05) is 10.7 Å². The maximum absolute atomic E-state index is 13.4. The number of halogens is 1. The van der Waals surface area contributed by atoms with Crippen LogP contribution in [-0.2, 0) is 0 Å². The molecule has 0 aromatic rings. The molecule has 0 aliphatic rings. The Hall–Kier alpha value is 0.320. The van der Waals surface area contributed by atoms with E-state index in [0.717, 1.165) is 0 Å². The quantitative estimate of drug-likeness (QED) is 0.608. The van der Waals surface area contributed by atoms with E-state index in [0.29, 0.717) is 0 Å². The molecule has 0 amide bonds. The van der Waals surface area contributed by atoms with Crippen LogP contribution in [0.2, 0.25) is 0 Å². The molecule has 0 aliphatic heterocycles. The van der Waals surface area contributed by atoms with Gasteiger partial charge in [-0.3, -0.25) is 5.09 Å². The Morgan fingerprint density at radius 2 is 1.36 bits per heavy atom. The van der Waals surface area contributed by atoms with Crippen LogP contribution >= 0.6 is 8.38 Å². The Labute approximate surface area is 70.7 Å². The summed E-state index contributed by atoms with van der Waals surface area (Å²) in [6.07, 6.45) is 0. The molecule has 0 saturated carbocycles. The summed E-state index contributed by atoms with van der Waals surface area (Å²) >= 11 is 0. The van der Waals surface area contributed by atoms with Crippen molar-refractivity contribution >= 4 is 8.38 Å². The van der Waals surface area contributed by atoms with E-state index >= 15 is 0 Å². The second-order valence-corrected chi connectivity index (χ2v) is 6.94. The summed E-state index contributed by atoms with van der Waals surface area (Å²) in [5.41, 5.74) is -0.117. The molecule has 0 heterocycles. The van der Waals surface area contributed by atoms with E-state index in [1.54, 1.807) is 0 Å². The Morgan fingerprint density at radius 3 is 1.45 bits per heavy atom. The Balaban J connectivity index is 3.99. The first-order chi connectivity index (χ1) is 4.63. The molecule has 3 heteroatoms.